The van der Waals surface area contributed by atoms with Gasteiger partial charge in [0.2, 0.25) is 0 Å². The van der Waals surface area contributed by atoms with Gasteiger partial charge in [-0.15, -0.1) is 0 Å². The summed E-state index contributed by atoms with van der Waals surface area (Å²) in [7, 11) is 0. The lowest BCUT2D eigenvalue weighted by Crippen LogP contribution is -2.33. The van der Waals surface area contributed by atoms with Gasteiger partial charge in [0.05, 0.1) is 10.0 Å². The lowest BCUT2D eigenvalue weighted by molar-refractivity contribution is 0.521. The number of likely N-dealkylation sites (N-methyl/N-ethyl adjacent to an activating group) is 1. The fraction of sp³-hybridized carbons (Fsp3) is 0.333. The van der Waals surface area contributed by atoms with Crippen LogP contribution in [-0.2, 0) is 12.8 Å². The average Bonchev–Trinajstić information content (AvgIpc) is 2.46. The number of aryl methyl sites for hydroxylation is 1. The first-order valence-electron chi connectivity index (χ1n) is 7.31. The van der Waals surface area contributed by atoms with E-state index in [2.05, 4.69) is 43.4 Å². The Kier molecular flexibility index (Phi) is 6.10. The molecule has 0 aliphatic rings. The van der Waals surface area contributed by atoms with Crippen molar-refractivity contribution in [2.75, 3.05) is 6.54 Å². The second kappa shape index (κ2) is 7.84. The highest BCUT2D eigenvalue weighted by molar-refractivity contribution is 6.42. The topological polar surface area (TPSA) is 12.0 Å². The molecule has 2 aromatic rings. The van der Waals surface area contributed by atoms with Gasteiger partial charge in [-0.2, -0.15) is 0 Å². The van der Waals surface area contributed by atoms with Gasteiger partial charge in [0.25, 0.3) is 0 Å². The molecule has 0 fully saturated rings. The minimum absolute atomic E-state index is 0.398. The maximum atomic E-state index is 6.10. The van der Waals surface area contributed by atoms with Crippen LogP contribution < -0.4 is 5.32 Å². The van der Waals surface area contributed by atoms with Crippen LogP contribution in [0.25, 0.3) is 0 Å². The smallest absolute Gasteiger partial charge is 0.0595 e. The summed E-state index contributed by atoms with van der Waals surface area (Å²) in [6.45, 7) is 5.20. The molecule has 0 spiro atoms. The standard InChI is InChI=1S/C18H21Cl2N/c1-3-21-16(10-14-6-4-13(2)5-7-14)11-15-8-9-17(19)18(20)12-15/h4-9,12,16,21H,3,10-11H2,1-2H3. The van der Waals surface area contributed by atoms with E-state index in [-0.39, 0.29) is 0 Å². The molecule has 0 heterocycles. The van der Waals surface area contributed by atoms with Crippen molar-refractivity contribution in [1.82, 2.24) is 5.32 Å². The minimum atomic E-state index is 0.398. The third kappa shape index (κ3) is 5.03. The third-order valence-electron chi connectivity index (χ3n) is 3.56. The Morgan fingerprint density at radius 2 is 1.52 bits per heavy atom. The van der Waals surface area contributed by atoms with Gasteiger partial charge in [0, 0.05) is 6.04 Å². The SMILES string of the molecule is CCNC(Cc1ccc(C)cc1)Cc1ccc(Cl)c(Cl)c1. The molecule has 112 valence electrons. The molecule has 0 bridgehead atoms. The van der Waals surface area contributed by atoms with Crippen LogP contribution in [-0.4, -0.2) is 12.6 Å². The molecule has 2 aromatic carbocycles. The van der Waals surface area contributed by atoms with Crippen molar-refractivity contribution in [1.29, 1.82) is 0 Å². The first-order chi connectivity index (χ1) is 10.1. The molecule has 2 rings (SSSR count). The van der Waals surface area contributed by atoms with Gasteiger partial charge in [-0.25, -0.2) is 0 Å². The molecular weight excluding hydrogens is 301 g/mol. The molecule has 1 nitrogen and oxygen atoms in total. The van der Waals surface area contributed by atoms with Gasteiger partial charge in [0.15, 0.2) is 0 Å². The molecule has 21 heavy (non-hydrogen) atoms. The predicted molar refractivity (Wildman–Crippen MR) is 92.5 cm³/mol. The molecular formula is C18H21Cl2N. The molecule has 1 N–H and O–H groups in total. The highest BCUT2D eigenvalue weighted by atomic mass is 35.5. The van der Waals surface area contributed by atoms with Crippen LogP contribution in [0.15, 0.2) is 42.5 Å². The molecule has 0 aromatic heterocycles. The maximum Gasteiger partial charge on any atom is 0.0595 e. The lowest BCUT2D eigenvalue weighted by Gasteiger charge is -2.18. The summed E-state index contributed by atoms with van der Waals surface area (Å²) >= 11 is 12.1. The minimum Gasteiger partial charge on any atom is -0.314 e. The second-order valence-corrected chi connectivity index (χ2v) is 6.21. The Morgan fingerprint density at radius 3 is 2.14 bits per heavy atom. The number of nitrogens with one attached hydrogen (secondary N) is 1. The number of hydrogen-bond donors (Lipinski definition) is 1. The number of halogens is 2. The molecule has 0 radical (unpaired) electrons. The molecule has 0 saturated heterocycles. The molecule has 0 saturated carbocycles. The Balaban J connectivity index is 2.07. The van der Waals surface area contributed by atoms with Crippen molar-refractivity contribution in [2.45, 2.75) is 32.7 Å². The predicted octanol–water partition coefficient (Wildman–Crippen LogP) is 5.07. The highest BCUT2D eigenvalue weighted by Gasteiger charge is 2.10. The molecule has 3 heteroatoms. The van der Waals surface area contributed by atoms with E-state index in [0.29, 0.717) is 16.1 Å². The summed E-state index contributed by atoms with van der Waals surface area (Å²) in [6.07, 6.45) is 1.95. The molecule has 0 aliphatic carbocycles. The second-order valence-electron chi connectivity index (χ2n) is 5.40. The monoisotopic (exact) mass is 321 g/mol. The fourth-order valence-corrected chi connectivity index (χ4v) is 2.79. The van der Waals surface area contributed by atoms with Crippen molar-refractivity contribution in [3.05, 3.63) is 69.2 Å². The fourth-order valence-electron chi connectivity index (χ4n) is 2.46. The van der Waals surface area contributed by atoms with Gasteiger partial charge in [-0.1, -0.05) is 66.0 Å². The quantitative estimate of drug-likeness (QED) is 0.783. The maximum absolute atomic E-state index is 6.10. The van der Waals surface area contributed by atoms with Crippen molar-refractivity contribution in [2.24, 2.45) is 0 Å². The van der Waals surface area contributed by atoms with E-state index in [1.165, 1.54) is 16.7 Å². The van der Waals surface area contributed by atoms with Crippen LogP contribution in [0.5, 0.6) is 0 Å². The number of hydrogen-bond acceptors (Lipinski definition) is 1. The Hall–Kier alpha value is -1.02. The van der Waals surface area contributed by atoms with Gasteiger partial charge >= 0.3 is 0 Å². The molecule has 1 unspecified atom stereocenters. The van der Waals surface area contributed by atoms with Crippen molar-refractivity contribution in [3.63, 3.8) is 0 Å². The summed E-state index contributed by atoms with van der Waals surface area (Å²) in [5.74, 6) is 0. The van der Waals surface area contributed by atoms with E-state index in [0.717, 1.165) is 19.4 Å². The van der Waals surface area contributed by atoms with Crippen LogP contribution in [0.3, 0.4) is 0 Å². The summed E-state index contributed by atoms with van der Waals surface area (Å²) < 4.78 is 0. The van der Waals surface area contributed by atoms with E-state index in [1.807, 2.05) is 18.2 Å². The van der Waals surface area contributed by atoms with Gasteiger partial charge in [-0.3, -0.25) is 0 Å². The molecule has 0 aliphatic heterocycles. The Bertz CT molecular complexity index is 578. The van der Waals surface area contributed by atoms with Crippen LogP contribution in [0.4, 0.5) is 0 Å². The van der Waals surface area contributed by atoms with Crippen LogP contribution in [0.1, 0.15) is 23.6 Å². The van der Waals surface area contributed by atoms with Crippen LogP contribution >= 0.6 is 23.2 Å². The lowest BCUT2D eigenvalue weighted by atomic mass is 9.98. The summed E-state index contributed by atoms with van der Waals surface area (Å²) in [5.41, 5.74) is 3.86. The summed E-state index contributed by atoms with van der Waals surface area (Å²) in [5, 5.41) is 4.79. The zero-order chi connectivity index (χ0) is 15.2. The highest BCUT2D eigenvalue weighted by Crippen LogP contribution is 2.23. The first kappa shape index (κ1) is 16.4. The van der Waals surface area contributed by atoms with Crippen LogP contribution in [0.2, 0.25) is 10.0 Å². The molecule has 1 atom stereocenters. The van der Waals surface area contributed by atoms with Crippen LogP contribution in [0, 0.1) is 6.92 Å². The van der Waals surface area contributed by atoms with E-state index in [1.54, 1.807) is 0 Å². The molecule has 0 amide bonds. The van der Waals surface area contributed by atoms with Gasteiger partial charge in [-0.05, 0) is 49.6 Å². The average molecular weight is 322 g/mol. The zero-order valence-corrected chi connectivity index (χ0v) is 14.0. The largest absolute Gasteiger partial charge is 0.314 e. The van der Waals surface area contributed by atoms with E-state index < -0.39 is 0 Å². The normalized spacial score (nSPS) is 12.4. The number of rotatable bonds is 6. The first-order valence-corrected chi connectivity index (χ1v) is 8.07. The van der Waals surface area contributed by atoms with Gasteiger partial charge < -0.3 is 5.32 Å². The van der Waals surface area contributed by atoms with Crippen molar-refractivity contribution < 1.29 is 0 Å². The Labute approximate surface area is 137 Å². The van der Waals surface area contributed by atoms with Crippen molar-refractivity contribution >= 4 is 23.2 Å². The zero-order valence-electron chi connectivity index (χ0n) is 12.5. The summed E-state index contributed by atoms with van der Waals surface area (Å²) in [4.78, 5) is 0. The number of benzene rings is 2. The summed E-state index contributed by atoms with van der Waals surface area (Å²) in [6, 6.07) is 15.0. The van der Waals surface area contributed by atoms with Gasteiger partial charge in [0.1, 0.15) is 0 Å². The van der Waals surface area contributed by atoms with E-state index in [4.69, 9.17) is 23.2 Å². The third-order valence-corrected chi connectivity index (χ3v) is 4.30. The van der Waals surface area contributed by atoms with E-state index in [9.17, 15) is 0 Å². The van der Waals surface area contributed by atoms with E-state index >= 15 is 0 Å². The van der Waals surface area contributed by atoms with Crippen molar-refractivity contribution in [3.8, 4) is 0 Å². The Morgan fingerprint density at radius 1 is 0.905 bits per heavy atom.